The molecule has 24 heavy (non-hydrogen) atoms. The van der Waals surface area contributed by atoms with Gasteiger partial charge in [0, 0.05) is 23.9 Å². The van der Waals surface area contributed by atoms with Gasteiger partial charge < -0.3 is 14.1 Å². The highest BCUT2D eigenvalue weighted by atomic mass is 16.5. The lowest BCUT2D eigenvalue weighted by molar-refractivity contribution is 0.0300. The van der Waals surface area contributed by atoms with Gasteiger partial charge in [0.05, 0.1) is 13.2 Å². The van der Waals surface area contributed by atoms with E-state index in [-0.39, 0.29) is 11.5 Å². The van der Waals surface area contributed by atoms with Gasteiger partial charge in [0.25, 0.3) is 5.91 Å². The zero-order valence-electron chi connectivity index (χ0n) is 13.4. The van der Waals surface area contributed by atoms with Crippen LogP contribution in [0.1, 0.15) is 15.9 Å². The van der Waals surface area contributed by atoms with Crippen molar-refractivity contribution in [1.29, 1.82) is 0 Å². The molecule has 0 spiro atoms. The lowest BCUT2D eigenvalue weighted by Gasteiger charge is -2.26. The van der Waals surface area contributed by atoms with Gasteiger partial charge >= 0.3 is 5.63 Å². The van der Waals surface area contributed by atoms with E-state index in [0.29, 0.717) is 31.9 Å². The minimum atomic E-state index is -0.590. The lowest BCUT2D eigenvalue weighted by atomic mass is 10.0. The summed E-state index contributed by atoms with van der Waals surface area (Å²) in [6, 6.07) is 11.4. The summed E-state index contributed by atoms with van der Waals surface area (Å²) in [6.07, 6.45) is 0. The van der Waals surface area contributed by atoms with Gasteiger partial charge in [-0.05, 0) is 30.0 Å². The molecule has 5 heteroatoms. The molecule has 2 heterocycles. The second kappa shape index (κ2) is 5.76. The van der Waals surface area contributed by atoms with Crippen LogP contribution < -0.4 is 5.63 Å². The molecule has 2 aromatic carbocycles. The number of benzene rings is 2. The van der Waals surface area contributed by atoms with Gasteiger partial charge in [0.2, 0.25) is 0 Å². The van der Waals surface area contributed by atoms with Crippen molar-refractivity contribution in [1.82, 2.24) is 4.90 Å². The number of morpholine rings is 1. The van der Waals surface area contributed by atoms with E-state index in [1.807, 2.05) is 37.3 Å². The minimum Gasteiger partial charge on any atom is -0.421 e. The quantitative estimate of drug-likeness (QED) is 0.510. The van der Waals surface area contributed by atoms with E-state index in [1.165, 1.54) is 0 Å². The van der Waals surface area contributed by atoms with Crippen LogP contribution >= 0.6 is 0 Å². The second-order valence-corrected chi connectivity index (χ2v) is 6.01. The summed E-state index contributed by atoms with van der Waals surface area (Å²) in [6.45, 7) is 3.99. The predicted octanol–water partition coefficient (Wildman–Crippen LogP) is 2.73. The first-order valence-corrected chi connectivity index (χ1v) is 7.98. The Labute approximate surface area is 138 Å². The van der Waals surface area contributed by atoms with Crippen LogP contribution in [0.3, 0.4) is 0 Å². The number of carbonyl (C=O) groups excluding carboxylic acids is 1. The number of aryl methyl sites for hydroxylation is 1. The summed E-state index contributed by atoms with van der Waals surface area (Å²) in [4.78, 5) is 26.7. The van der Waals surface area contributed by atoms with Crippen molar-refractivity contribution in [2.24, 2.45) is 0 Å². The van der Waals surface area contributed by atoms with E-state index in [4.69, 9.17) is 9.15 Å². The molecule has 0 bridgehead atoms. The summed E-state index contributed by atoms with van der Waals surface area (Å²) in [5.41, 5.74) is 1.10. The maximum Gasteiger partial charge on any atom is 0.349 e. The first-order chi connectivity index (χ1) is 11.6. The van der Waals surface area contributed by atoms with Crippen molar-refractivity contribution in [2.45, 2.75) is 6.92 Å². The normalized spacial score (nSPS) is 15.1. The zero-order chi connectivity index (χ0) is 16.7. The van der Waals surface area contributed by atoms with E-state index in [1.54, 1.807) is 11.0 Å². The van der Waals surface area contributed by atoms with Crippen LogP contribution in [0.15, 0.2) is 45.6 Å². The van der Waals surface area contributed by atoms with E-state index in [0.717, 1.165) is 21.7 Å². The maximum absolute atomic E-state index is 12.6. The highest BCUT2D eigenvalue weighted by Gasteiger charge is 2.23. The third-order valence-corrected chi connectivity index (χ3v) is 4.47. The molecule has 0 atom stereocenters. The number of ether oxygens (including phenoxy) is 1. The standard InChI is InChI=1S/C19H17NO4/c1-12-10-13-11-16(18(21)20-6-8-23-9-7-20)19(22)24-17(13)15-5-3-2-4-14(12)15/h2-5,10-11H,6-9H2,1H3. The van der Waals surface area contributed by atoms with Crippen molar-refractivity contribution < 1.29 is 13.9 Å². The maximum atomic E-state index is 12.6. The molecule has 3 aromatic rings. The number of hydrogen-bond donors (Lipinski definition) is 0. The van der Waals surface area contributed by atoms with E-state index in [9.17, 15) is 9.59 Å². The highest BCUT2D eigenvalue weighted by molar-refractivity contribution is 6.07. The third kappa shape index (κ3) is 2.37. The summed E-state index contributed by atoms with van der Waals surface area (Å²) < 4.78 is 10.8. The van der Waals surface area contributed by atoms with Crippen LogP contribution in [0.2, 0.25) is 0 Å². The van der Waals surface area contributed by atoms with Crippen molar-refractivity contribution in [2.75, 3.05) is 26.3 Å². The third-order valence-electron chi connectivity index (χ3n) is 4.47. The number of hydrogen-bond acceptors (Lipinski definition) is 4. The molecule has 1 amide bonds. The summed E-state index contributed by atoms with van der Waals surface area (Å²) >= 11 is 0. The van der Waals surface area contributed by atoms with Gasteiger partial charge in [-0.15, -0.1) is 0 Å². The highest BCUT2D eigenvalue weighted by Crippen LogP contribution is 2.28. The fraction of sp³-hybridized carbons (Fsp3) is 0.263. The van der Waals surface area contributed by atoms with Crippen molar-refractivity contribution in [3.05, 3.63) is 57.9 Å². The number of carbonyl (C=O) groups is 1. The van der Waals surface area contributed by atoms with E-state index in [2.05, 4.69) is 0 Å². The Morgan fingerprint density at radius 2 is 1.79 bits per heavy atom. The molecule has 4 rings (SSSR count). The Kier molecular flexibility index (Phi) is 3.58. The first kappa shape index (κ1) is 14.9. The molecule has 0 N–H and O–H groups in total. The topological polar surface area (TPSA) is 59.8 Å². The molecule has 1 aliphatic heterocycles. The van der Waals surface area contributed by atoms with Crippen LogP contribution in [0.5, 0.6) is 0 Å². The summed E-state index contributed by atoms with van der Waals surface area (Å²) in [7, 11) is 0. The number of rotatable bonds is 1. The average molecular weight is 323 g/mol. The molecule has 1 aliphatic rings. The molecule has 122 valence electrons. The van der Waals surface area contributed by atoms with Gasteiger partial charge in [0.1, 0.15) is 11.1 Å². The van der Waals surface area contributed by atoms with Gasteiger partial charge in [-0.2, -0.15) is 0 Å². The Bertz CT molecular complexity index is 999. The van der Waals surface area contributed by atoms with Crippen molar-refractivity contribution in [3.63, 3.8) is 0 Å². The second-order valence-electron chi connectivity index (χ2n) is 6.01. The smallest absolute Gasteiger partial charge is 0.349 e. The average Bonchev–Trinajstić information content (AvgIpc) is 2.62. The molecular weight excluding hydrogens is 306 g/mol. The summed E-state index contributed by atoms with van der Waals surface area (Å²) in [5.74, 6) is -0.292. The lowest BCUT2D eigenvalue weighted by Crippen LogP contribution is -2.42. The molecule has 1 saturated heterocycles. The monoisotopic (exact) mass is 323 g/mol. The Hall–Kier alpha value is -2.66. The number of amides is 1. The molecule has 1 fully saturated rings. The molecular formula is C19H17NO4. The Balaban J connectivity index is 1.90. The molecule has 5 nitrogen and oxygen atoms in total. The number of fused-ring (bicyclic) bond motifs is 3. The predicted molar refractivity (Wildman–Crippen MR) is 91.4 cm³/mol. The van der Waals surface area contributed by atoms with Crippen LogP contribution in [-0.2, 0) is 4.74 Å². The van der Waals surface area contributed by atoms with Crippen LogP contribution in [-0.4, -0.2) is 37.1 Å². The van der Waals surface area contributed by atoms with E-state index < -0.39 is 5.63 Å². The molecule has 0 aliphatic carbocycles. The fourth-order valence-corrected chi connectivity index (χ4v) is 3.23. The van der Waals surface area contributed by atoms with Gasteiger partial charge in [-0.3, -0.25) is 4.79 Å². The Morgan fingerprint density at radius 3 is 2.54 bits per heavy atom. The molecule has 0 saturated carbocycles. The zero-order valence-corrected chi connectivity index (χ0v) is 13.4. The van der Waals surface area contributed by atoms with Gasteiger partial charge in [-0.25, -0.2) is 4.79 Å². The fourth-order valence-electron chi connectivity index (χ4n) is 3.23. The van der Waals surface area contributed by atoms with Gasteiger partial charge in [0.15, 0.2) is 0 Å². The van der Waals surface area contributed by atoms with Crippen LogP contribution in [0.25, 0.3) is 21.7 Å². The summed E-state index contributed by atoms with van der Waals surface area (Å²) in [5, 5.41) is 2.69. The molecule has 1 aromatic heterocycles. The van der Waals surface area contributed by atoms with Crippen LogP contribution in [0.4, 0.5) is 0 Å². The van der Waals surface area contributed by atoms with E-state index >= 15 is 0 Å². The number of nitrogens with zero attached hydrogens (tertiary/aromatic N) is 1. The minimum absolute atomic E-state index is 0.0825. The largest absolute Gasteiger partial charge is 0.421 e. The molecule has 0 unspecified atom stereocenters. The van der Waals surface area contributed by atoms with Crippen LogP contribution in [0, 0.1) is 6.92 Å². The van der Waals surface area contributed by atoms with Crippen molar-refractivity contribution >= 4 is 27.6 Å². The first-order valence-electron chi connectivity index (χ1n) is 7.98. The van der Waals surface area contributed by atoms with Gasteiger partial charge in [-0.1, -0.05) is 24.3 Å². The molecule has 0 radical (unpaired) electrons. The SMILES string of the molecule is Cc1cc2cc(C(=O)N3CCOCC3)c(=O)oc2c2ccccc12. The Morgan fingerprint density at radius 1 is 1.08 bits per heavy atom. The van der Waals surface area contributed by atoms with Crippen molar-refractivity contribution in [3.8, 4) is 0 Å².